The van der Waals surface area contributed by atoms with E-state index < -0.39 is 15.6 Å². The normalized spacial score (nSPS) is 8.43. The van der Waals surface area contributed by atoms with Crippen molar-refractivity contribution in [1.82, 2.24) is 0 Å². The molecule has 0 heterocycles. The molecule has 0 atom stereocenters. The third kappa shape index (κ3) is 125. The molecule has 0 unspecified atom stereocenters. The Kier molecular flexibility index (Phi) is 53.4. The molecule has 0 spiro atoms. The molecule has 0 aromatic rings. The van der Waals surface area contributed by atoms with Gasteiger partial charge in [-0.15, -0.1) is 0 Å². The van der Waals surface area contributed by atoms with Crippen LogP contribution < -0.4 is 204 Å². The van der Waals surface area contributed by atoms with Crippen LogP contribution in [0.25, 0.3) is 0 Å². The first kappa shape index (κ1) is 37.3. The van der Waals surface area contributed by atoms with Crippen LogP contribution in [0.4, 0.5) is 0 Å². The van der Waals surface area contributed by atoms with E-state index in [0.717, 1.165) is 0 Å². The fourth-order valence-corrected chi connectivity index (χ4v) is 0. The molecule has 14 heteroatoms. The van der Waals surface area contributed by atoms with Crippen molar-refractivity contribution < 1.29 is 255 Å². The molecule has 0 rings (SSSR count). The minimum Gasteiger partial charge on any atom is -0.822 e. The molecule has 0 saturated carbocycles. The zero-order valence-electron chi connectivity index (χ0n) is 7.66. The summed E-state index contributed by atoms with van der Waals surface area (Å²) >= 11 is 0. The van der Waals surface area contributed by atoms with Crippen molar-refractivity contribution in [2.75, 3.05) is 0 Å². The Morgan fingerprint density at radius 1 is 0.571 bits per heavy atom. The SMILES string of the molecule is O=P([O-])([O-])[O-].O=P([O-])([O-])[O-].[Ce+3].[Rb+].[Rb+].[Rb+]. The summed E-state index contributed by atoms with van der Waals surface area (Å²) in [4.78, 5) is 51.3. The molecule has 0 saturated heterocycles. The monoisotopic (exact) mass is 585 g/mol. The maximum Gasteiger partial charge on any atom is 3.00 e. The van der Waals surface area contributed by atoms with Crippen molar-refractivity contribution in [1.29, 1.82) is 0 Å². The summed E-state index contributed by atoms with van der Waals surface area (Å²) in [7, 11) is -10.8. The fourth-order valence-electron chi connectivity index (χ4n) is 0. The average molecular weight is 586 g/mol. The van der Waals surface area contributed by atoms with E-state index in [0.29, 0.717) is 0 Å². The van der Waals surface area contributed by atoms with Crippen LogP contribution in [0.5, 0.6) is 0 Å². The molecule has 0 aromatic heterocycles. The fraction of sp³-hybridized carbons (Fsp3) is 0. The third-order valence-corrected chi connectivity index (χ3v) is 0. The van der Waals surface area contributed by atoms with E-state index in [1.807, 2.05) is 0 Å². The van der Waals surface area contributed by atoms with E-state index in [-0.39, 0.29) is 216 Å². The molecule has 0 fully saturated rings. The average Bonchev–Trinajstić information content (AvgIpc) is 1.12. The molecule has 14 heavy (non-hydrogen) atoms. The van der Waals surface area contributed by atoms with Crippen molar-refractivity contribution >= 4 is 15.6 Å². The molecule has 0 N–H and O–H groups in total. The van der Waals surface area contributed by atoms with Gasteiger partial charge in [0.15, 0.2) is 0 Å². The molecule has 8 nitrogen and oxygen atoms in total. The summed E-state index contributed by atoms with van der Waals surface area (Å²) in [5, 5.41) is 0. The predicted octanol–water partition coefficient (Wildman–Crippen LogP) is -14.6. The van der Waals surface area contributed by atoms with Gasteiger partial charge in [-0.25, -0.2) is 0 Å². The Bertz CT molecular complexity index is 135. The van der Waals surface area contributed by atoms with Gasteiger partial charge in [0.25, 0.3) is 0 Å². The molecule has 0 aromatic carbocycles. The van der Waals surface area contributed by atoms with Crippen molar-refractivity contribution in [2.24, 2.45) is 0 Å². The van der Waals surface area contributed by atoms with E-state index >= 15 is 0 Å². The molecular formula is CeO8P2Rb3. The van der Waals surface area contributed by atoms with Gasteiger partial charge in [0.1, 0.15) is 0 Å². The maximum atomic E-state index is 8.55. The molecule has 0 amide bonds. The first-order valence-corrected chi connectivity index (χ1v) is 4.38. The molecular weight excluding hydrogens is 586 g/mol. The summed E-state index contributed by atoms with van der Waals surface area (Å²) in [6.07, 6.45) is 0. The number of rotatable bonds is 0. The Morgan fingerprint density at radius 2 is 0.571 bits per heavy atom. The molecule has 0 aliphatic rings. The van der Waals surface area contributed by atoms with Gasteiger partial charge >= 0.3 is 216 Å². The van der Waals surface area contributed by atoms with E-state index in [2.05, 4.69) is 0 Å². The minimum absolute atomic E-state index is 0. The van der Waals surface area contributed by atoms with Crippen molar-refractivity contribution in [3.63, 3.8) is 0 Å². The van der Waals surface area contributed by atoms with Crippen LogP contribution in [0.2, 0.25) is 0 Å². The van der Waals surface area contributed by atoms with Crippen molar-refractivity contribution in [3.8, 4) is 0 Å². The first-order valence-electron chi connectivity index (χ1n) is 1.46. The second-order valence-electron chi connectivity index (χ2n) is 0.894. The van der Waals surface area contributed by atoms with Crippen LogP contribution in [-0.2, 0) is 9.13 Å². The summed E-state index contributed by atoms with van der Waals surface area (Å²) < 4.78 is 17.1. The van der Waals surface area contributed by atoms with Gasteiger partial charge in [-0.05, 0) is 0 Å². The third-order valence-electron chi connectivity index (χ3n) is 0. The largest absolute Gasteiger partial charge is 3.00 e. The van der Waals surface area contributed by atoms with Crippen LogP contribution in [0, 0.1) is 41.7 Å². The van der Waals surface area contributed by atoms with Gasteiger partial charge in [0.2, 0.25) is 0 Å². The zero-order valence-corrected chi connectivity index (χ0v) is 27.3. The molecule has 65 valence electrons. The van der Waals surface area contributed by atoms with Crippen LogP contribution in [-0.4, -0.2) is 0 Å². The Hall–Kier alpha value is 7.01. The quantitative estimate of drug-likeness (QED) is 0.252. The first-order chi connectivity index (χ1) is 4.00. The van der Waals surface area contributed by atoms with Gasteiger partial charge in [0, 0.05) is 0 Å². The Morgan fingerprint density at radius 3 is 0.571 bits per heavy atom. The van der Waals surface area contributed by atoms with Gasteiger partial charge in [-0.1, -0.05) is 0 Å². The van der Waals surface area contributed by atoms with Gasteiger partial charge in [-0.3, -0.25) is 0 Å². The van der Waals surface area contributed by atoms with Gasteiger partial charge in [-0.2, -0.15) is 15.6 Å². The molecule has 0 bridgehead atoms. The smallest absolute Gasteiger partial charge is 0.822 e. The summed E-state index contributed by atoms with van der Waals surface area (Å²) in [6.45, 7) is 0. The summed E-state index contributed by atoms with van der Waals surface area (Å²) in [5.41, 5.74) is 0. The second kappa shape index (κ2) is 20.0. The van der Waals surface area contributed by atoms with E-state index in [4.69, 9.17) is 38.5 Å². The van der Waals surface area contributed by atoms with Crippen molar-refractivity contribution in [2.45, 2.75) is 0 Å². The zero-order chi connectivity index (χ0) is 9.00. The molecule has 0 aliphatic heterocycles. The van der Waals surface area contributed by atoms with Crippen LogP contribution in [0.3, 0.4) is 0 Å². The van der Waals surface area contributed by atoms with E-state index in [1.54, 1.807) is 0 Å². The number of hydrogen-bond acceptors (Lipinski definition) is 8. The molecule has 1 radical (unpaired) electrons. The predicted molar refractivity (Wildman–Crippen MR) is 15.2 cm³/mol. The van der Waals surface area contributed by atoms with Crippen LogP contribution in [0.15, 0.2) is 0 Å². The summed E-state index contributed by atoms with van der Waals surface area (Å²) in [6, 6.07) is 0. The molecule has 0 aliphatic carbocycles. The summed E-state index contributed by atoms with van der Waals surface area (Å²) in [5.74, 6) is 0. The van der Waals surface area contributed by atoms with E-state index in [9.17, 15) is 0 Å². The van der Waals surface area contributed by atoms with Crippen LogP contribution in [0.1, 0.15) is 0 Å². The standard InChI is InChI=1S/Ce.2H3O4P.3Rb/c;2*1-5(2,3)4;;;/h;2*(H3,1,2,3,4);;;/q+3;;;3*+1/p-6. The van der Waals surface area contributed by atoms with Gasteiger partial charge < -0.3 is 38.5 Å². The van der Waals surface area contributed by atoms with Crippen molar-refractivity contribution in [3.05, 3.63) is 0 Å². The second-order valence-corrected chi connectivity index (χ2v) is 2.68. The minimum atomic E-state index is -5.39. The van der Waals surface area contributed by atoms with E-state index in [1.165, 1.54) is 0 Å². The Labute approximate surface area is 261 Å². The number of phosphoric acid groups is 2. The topological polar surface area (TPSA) is 172 Å². The Balaban J connectivity index is -0.0000000178. The maximum absolute atomic E-state index is 8.55. The van der Waals surface area contributed by atoms with Gasteiger partial charge in [0.05, 0.1) is 0 Å². The number of hydrogen-bond donors (Lipinski definition) is 0. The van der Waals surface area contributed by atoms with Crippen LogP contribution >= 0.6 is 15.6 Å².